The van der Waals surface area contributed by atoms with Gasteiger partial charge in [-0.1, -0.05) is 48.0 Å². The molecule has 4 nitrogen and oxygen atoms in total. The molecule has 0 unspecified atom stereocenters. The largest absolute Gasteiger partial charge is 0.329 e. The van der Waals surface area contributed by atoms with Gasteiger partial charge in [-0.25, -0.2) is 0 Å². The summed E-state index contributed by atoms with van der Waals surface area (Å²) in [7, 11) is 0. The van der Waals surface area contributed by atoms with E-state index in [4.69, 9.17) is 5.73 Å². The third kappa shape index (κ3) is 7.26. The Morgan fingerprint density at radius 3 is 2.44 bits per heavy atom. The van der Waals surface area contributed by atoms with Gasteiger partial charge in [-0.05, 0) is 37.5 Å². The molecular formula is C20H28ClN3O. The molecule has 25 heavy (non-hydrogen) atoms. The average Bonchev–Trinajstić information content (AvgIpc) is 2.56. The van der Waals surface area contributed by atoms with E-state index in [1.165, 1.54) is 11.1 Å². The van der Waals surface area contributed by atoms with Crippen molar-refractivity contribution in [1.29, 1.82) is 0 Å². The van der Waals surface area contributed by atoms with Gasteiger partial charge in [0, 0.05) is 25.3 Å². The van der Waals surface area contributed by atoms with Crippen LogP contribution in [0.15, 0.2) is 48.5 Å². The Bertz CT molecular complexity index is 661. The van der Waals surface area contributed by atoms with Crippen LogP contribution in [0.4, 0.5) is 5.69 Å². The van der Waals surface area contributed by atoms with Crippen molar-refractivity contribution < 1.29 is 4.79 Å². The second-order valence-electron chi connectivity index (χ2n) is 6.17. The summed E-state index contributed by atoms with van der Waals surface area (Å²) in [5, 5.41) is 3.00. The van der Waals surface area contributed by atoms with Crippen molar-refractivity contribution in [2.75, 3.05) is 31.5 Å². The molecule has 0 aliphatic heterocycles. The maximum absolute atomic E-state index is 12.4. The standard InChI is InChI=1S/C20H27N3O.ClH/c1-16-8-9-19(17(2)14-16)22-20(24)15-23(13-11-21)12-10-18-6-4-3-5-7-18;/h3-9,14H,10-13,15,21H2,1-2H3,(H,22,24);1H. The zero-order valence-electron chi connectivity index (χ0n) is 15.0. The lowest BCUT2D eigenvalue weighted by Crippen LogP contribution is -2.38. The zero-order valence-corrected chi connectivity index (χ0v) is 15.8. The van der Waals surface area contributed by atoms with Crippen LogP contribution in [0.3, 0.4) is 0 Å². The number of aryl methyl sites for hydroxylation is 2. The average molecular weight is 362 g/mol. The Labute approximate surface area is 156 Å². The highest BCUT2D eigenvalue weighted by Gasteiger charge is 2.11. The number of nitrogens with zero attached hydrogens (tertiary/aromatic N) is 1. The summed E-state index contributed by atoms with van der Waals surface area (Å²) in [5.41, 5.74) is 10.1. The second-order valence-corrected chi connectivity index (χ2v) is 6.17. The lowest BCUT2D eigenvalue weighted by Gasteiger charge is -2.21. The quantitative estimate of drug-likeness (QED) is 0.759. The minimum Gasteiger partial charge on any atom is -0.329 e. The summed E-state index contributed by atoms with van der Waals surface area (Å²) >= 11 is 0. The summed E-state index contributed by atoms with van der Waals surface area (Å²) in [6.07, 6.45) is 0.914. The molecule has 3 N–H and O–H groups in total. The number of benzene rings is 2. The molecule has 0 spiro atoms. The summed E-state index contributed by atoms with van der Waals surface area (Å²) in [5.74, 6) is 0.00321. The van der Waals surface area contributed by atoms with E-state index in [0.29, 0.717) is 19.6 Å². The zero-order chi connectivity index (χ0) is 17.4. The summed E-state index contributed by atoms with van der Waals surface area (Å²) in [4.78, 5) is 14.5. The number of anilines is 1. The van der Waals surface area contributed by atoms with E-state index in [1.807, 2.05) is 44.2 Å². The van der Waals surface area contributed by atoms with Gasteiger partial charge in [-0.15, -0.1) is 12.4 Å². The molecular weight excluding hydrogens is 334 g/mol. The number of amides is 1. The molecule has 2 aromatic rings. The van der Waals surface area contributed by atoms with Gasteiger partial charge in [-0.3, -0.25) is 9.69 Å². The van der Waals surface area contributed by atoms with Crippen LogP contribution in [0.25, 0.3) is 0 Å². The molecule has 0 aromatic heterocycles. The van der Waals surface area contributed by atoms with Gasteiger partial charge in [0.2, 0.25) is 5.91 Å². The number of rotatable bonds is 8. The molecule has 0 atom stereocenters. The van der Waals surface area contributed by atoms with Crippen LogP contribution in [0.1, 0.15) is 16.7 Å². The van der Waals surface area contributed by atoms with E-state index in [1.54, 1.807) is 0 Å². The first-order chi connectivity index (χ1) is 11.6. The highest BCUT2D eigenvalue weighted by atomic mass is 35.5. The SMILES string of the molecule is Cc1ccc(NC(=O)CN(CCN)CCc2ccccc2)c(C)c1.Cl. The molecule has 0 radical (unpaired) electrons. The molecule has 2 aromatic carbocycles. The highest BCUT2D eigenvalue weighted by Crippen LogP contribution is 2.15. The number of carbonyl (C=O) groups excluding carboxylic acids is 1. The Morgan fingerprint density at radius 1 is 1.08 bits per heavy atom. The van der Waals surface area contributed by atoms with Crippen molar-refractivity contribution in [3.63, 3.8) is 0 Å². The molecule has 0 saturated heterocycles. The molecule has 0 aliphatic rings. The highest BCUT2D eigenvalue weighted by molar-refractivity contribution is 5.93. The Kier molecular flexibility index (Phi) is 9.21. The van der Waals surface area contributed by atoms with Crippen LogP contribution in [0.2, 0.25) is 0 Å². The normalized spacial score (nSPS) is 10.4. The van der Waals surface area contributed by atoms with E-state index in [9.17, 15) is 4.79 Å². The predicted octanol–water partition coefficient (Wildman–Crippen LogP) is 3.17. The Hall–Kier alpha value is -1.88. The molecule has 1 amide bonds. The number of nitrogens with two attached hydrogens (primary N) is 1. The van der Waals surface area contributed by atoms with Crippen molar-refractivity contribution in [2.45, 2.75) is 20.3 Å². The number of halogens is 1. The van der Waals surface area contributed by atoms with Gasteiger partial charge in [0.05, 0.1) is 6.54 Å². The second kappa shape index (κ2) is 10.9. The predicted molar refractivity (Wildman–Crippen MR) is 107 cm³/mol. The first kappa shape index (κ1) is 21.2. The Morgan fingerprint density at radius 2 is 1.80 bits per heavy atom. The summed E-state index contributed by atoms with van der Waals surface area (Å²) < 4.78 is 0. The van der Waals surface area contributed by atoms with Gasteiger partial charge in [0.1, 0.15) is 0 Å². The van der Waals surface area contributed by atoms with Crippen LogP contribution in [-0.4, -0.2) is 37.0 Å². The first-order valence-corrected chi connectivity index (χ1v) is 8.42. The number of nitrogens with one attached hydrogen (secondary N) is 1. The minimum absolute atomic E-state index is 0. The molecule has 0 aliphatic carbocycles. The molecule has 0 heterocycles. The van der Waals surface area contributed by atoms with Crippen molar-refractivity contribution in [3.05, 3.63) is 65.2 Å². The van der Waals surface area contributed by atoms with E-state index < -0.39 is 0 Å². The van der Waals surface area contributed by atoms with Gasteiger partial charge >= 0.3 is 0 Å². The third-order valence-electron chi connectivity index (χ3n) is 4.03. The maximum Gasteiger partial charge on any atom is 0.238 e. The van der Waals surface area contributed by atoms with Crippen LogP contribution >= 0.6 is 12.4 Å². The number of hydrogen-bond acceptors (Lipinski definition) is 3. The van der Waals surface area contributed by atoms with E-state index >= 15 is 0 Å². The van der Waals surface area contributed by atoms with Crippen molar-refractivity contribution in [2.24, 2.45) is 5.73 Å². The lowest BCUT2D eigenvalue weighted by atomic mass is 10.1. The van der Waals surface area contributed by atoms with Gasteiger partial charge in [0.25, 0.3) is 0 Å². The molecule has 0 saturated carbocycles. The first-order valence-electron chi connectivity index (χ1n) is 8.42. The fourth-order valence-corrected chi connectivity index (χ4v) is 2.73. The van der Waals surface area contributed by atoms with Gasteiger partial charge in [-0.2, -0.15) is 0 Å². The molecule has 5 heteroatoms. The van der Waals surface area contributed by atoms with Gasteiger partial charge in [0.15, 0.2) is 0 Å². The monoisotopic (exact) mass is 361 g/mol. The van der Waals surface area contributed by atoms with E-state index in [2.05, 4.69) is 28.4 Å². The summed E-state index contributed by atoms with van der Waals surface area (Å²) in [6, 6.07) is 16.3. The minimum atomic E-state index is 0. The van der Waals surface area contributed by atoms with Gasteiger partial charge < -0.3 is 11.1 Å². The molecule has 0 fully saturated rings. The smallest absolute Gasteiger partial charge is 0.238 e. The summed E-state index contributed by atoms with van der Waals surface area (Å²) in [6.45, 7) is 6.50. The van der Waals surface area contributed by atoms with Crippen LogP contribution < -0.4 is 11.1 Å². The van der Waals surface area contributed by atoms with Crippen molar-refractivity contribution >= 4 is 24.0 Å². The van der Waals surface area contributed by atoms with E-state index in [-0.39, 0.29) is 18.3 Å². The van der Waals surface area contributed by atoms with Crippen molar-refractivity contribution in [3.8, 4) is 0 Å². The molecule has 0 bridgehead atoms. The number of hydrogen-bond donors (Lipinski definition) is 2. The van der Waals surface area contributed by atoms with Crippen LogP contribution in [0.5, 0.6) is 0 Å². The molecule has 2 rings (SSSR count). The van der Waals surface area contributed by atoms with E-state index in [0.717, 1.165) is 24.2 Å². The third-order valence-corrected chi connectivity index (χ3v) is 4.03. The van der Waals surface area contributed by atoms with Crippen LogP contribution in [0, 0.1) is 13.8 Å². The topological polar surface area (TPSA) is 58.4 Å². The maximum atomic E-state index is 12.4. The number of carbonyl (C=O) groups is 1. The fourth-order valence-electron chi connectivity index (χ4n) is 2.73. The molecule has 136 valence electrons. The van der Waals surface area contributed by atoms with Crippen LogP contribution in [-0.2, 0) is 11.2 Å². The fraction of sp³-hybridized carbons (Fsp3) is 0.350. The Balaban J connectivity index is 0.00000312. The van der Waals surface area contributed by atoms with Crippen molar-refractivity contribution in [1.82, 2.24) is 4.90 Å². The lowest BCUT2D eigenvalue weighted by molar-refractivity contribution is -0.117.